The maximum atomic E-state index is 13.4. The average Bonchev–Trinajstić information content (AvgIpc) is 3.03. The van der Waals surface area contributed by atoms with Crippen molar-refractivity contribution in [3.05, 3.63) is 144 Å². The van der Waals surface area contributed by atoms with Gasteiger partial charge in [0.15, 0.2) is 0 Å². The lowest BCUT2D eigenvalue weighted by Crippen LogP contribution is -2.23. The zero-order chi connectivity index (χ0) is 29.1. The molecule has 4 N–H and O–H groups in total. The van der Waals surface area contributed by atoms with Crippen LogP contribution in [0.3, 0.4) is 0 Å². The van der Waals surface area contributed by atoms with Crippen LogP contribution in [0.1, 0.15) is 31.8 Å². The van der Waals surface area contributed by atoms with Crippen LogP contribution in [0.25, 0.3) is 32.7 Å². The van der Waals surface area contributed by atoms with Crippen LogP contribution >= 0.6 is 0 Å². The van der Waals surface area contributed by atoms with Gasteiger partial charge in [0.1, 0.15) is 11.5 Å². The second-order valence-corrected chi connectivity index (χ2v) is 10.1. The fourth-order valence-corrected chi connectivity index (χ4v) is 5.27. The van der Waals surface area contributed by atoms with Gasteiger partial charge in [-0.3, -0.25) is 9.59 Å². The van der Waals surface area contributed by atoms with E-state index >= 15 is 0 Å². The van der Waals surface area contributed by atoms with Crippen molar-refractivity contribution in [2.24, 2.45) is 0 Å². The van der Waals surface area contributed by atoms with Gasteiger partial charge in [-0.25, -0.2) is 0 Å². The minimum Gasteiger partial charge on any atom is -0.506 e. The van der Waals surface area contributed by atoms with Crippen LogP contribution < -0.4 is 10.6 Å². The fraction of sp³-hybridized carbons (Fsp3) is 0.0556. The Balaban J connectivity index is 1.49. The summed E-state index contributed by atoms with van der Waals surface area (Å²) in [4.78, 5) is 26.8. The first kappa shape index (κ1) is 26.6. The van der Waals surface area contributed by atoms with E-state index in [9.17, 15) is 19.8 Å². The molecule has 0 saturated heterocycles. The SMILES string of the molecule is O=C(NCc1ccccc1)c1cc2ccccc2c(-c2c(O)c(C(=O)NCc3ccccc3)cc3ccccc23)c1O. The number of amides is 2. The van der Waals surface area contributed by atoms with E-state index in [1.54, 1.807) is 12.1 Å². The molecule has 0 spiro atoms. The van der Waals surface area contributed by atoms with E-state index in [-0.39, 0.29) is 46.8 Å². The molecule has 6 rings (SSSR count). The molecule has 6 heteroatoms. The highest BCUT2D eigenvalue weighted by molar-refractivity contribution is 6.16. The number of hydrogen-bond donors (Lipinski definition) is 4. The topological polar surface area (TPSA) is 98.7 Å². The molecular formula is C36H28N2O4. The highest BCUT2D eigenvalue weighted by atomic mass is 16.3. The summed E-state index contributed by atoms with van der Waals surface area (Å²) >= 11 is 0. The molecule has 42 heavy (non-hydrogen) atoms. The van der Waals surface area contributed by atoms with Gasteiger partial charge in [-0.15, -0.1) is 0 Å². The highest BCUT2D eigenvalue weighted by Gasteiger charge is 2.26. The molecular weight excluding hydrogens is 524 g/mol. The molecule has 0 aliphatic carbocycles. The Morgan fingerprint density at radius 3 is 1.26 bits per heavy atom. The van der Waals surface area contributed by atoms with Crippen molar-refractivity contribution in [2.45, 2.75) is 13.1 Å². The van der Waals surface area contributed by atoms with Crippen molar-refractivity contribution < 1.29 is 19.8 Å². The summed E-state index contributed by atoms with van der Waals surface area (Å²) in [5.41, 5.74) is 2.55. The lowest BCUT2D eigenvalue weighted by molar-refractivity contribution is 0.0939. The van der Waals surface area contributed by atoms with E-state index in [0.29, 0.717) is 21.5 Å². The van der Waals surface area contributed by atoms with Gasteiger partial charge in [-0.1, -0.05) is 109 Å². The molecule has 0 unspecified atom stereocenters. The molecule has 6 aromatic carbocycles. The van der Waals surface area contributed by atoms with Crippen molar-refractivity contribution in [3.8, 4) is 22.6 Å². The molecule has 0 bridgehead atoms. The van der Waals surface area contributed by atoms with Gasteiger partial charge in [0, 0.05) is 24.2 Å². The summed E-state index contributed by atoms with van der Waals surface area (Å²) < 4.78 is 0. The molecule has 0 aliphatic heterocycles. The summed E-state index contributed by atoms with van der Waals surface area (Å²) in [7, 11) is 0. The molecule has 0 aliphatic rings. The van der Waals surface area contributed by atoms with Crippen LogP contribution in [0, 0.1) is 0 Å². The molecule has 6 aromatic rings. The number of phenols is 2. The third kappa shape index (κ3) is 5.13. The average molecular weight is 553 g/mol. The summed E-state index contributed by atoms with van der Waals surface area (Å²) in [5.74, 6) is -1.46. The van der Waals surface area contributed by atoms with Gasteiger partial charge in [0.25, 0.3) is 11.8 Å². The van der Waals surface area contributed by atoms with E-state index in [4.69, 9.17) is 0 Å². The lowest BCUT2D eigenvalue weighted by atomic mass is 9.88. The van der Waals surface area contributed by atoms with E-state index < -0.39 is 11.8 Å². The highest BCUT2D eigenvalue weighted by Crippen LogP contribution is 2.47. The molecule has 0 atom stereocenters. The predicted octanol–water partition coefficient (Wildman–Crippen LogP) is 6.93. The van der Waals surface area contributed by atoms with Crippen LogP contribution in [0.15, 0.2) is 121 Å². The molecule has 0 fully saturated rings. The molecule has 6 nitrogen and oxygen atoms in total. The maximum absolute atomic E-state index is 13.4. The zero-order valence-electron chi connectivity index (χ0n) is 22.7. The molecule has 2 amide bonds. The summed E-state index contributed by atoms with van der Waals surface area (Å²) in [6.07, 6.45) is 0. The van der Waals surface area contributed by atoms with E-state index in [1.165, 1.54) is 0 Å². The van der Waals surface area contributed by atoms with Gasteiger partial charge < -0.3 is 20.8 Å². The third-order valence-electron chi connectivity index (χ3n) is 7.37. The van der Waals surface area contributed by atoms with Crippen LogP contribution in [0.4, 0.5) is 0 Å². The normalized spacial score (nSPS) is 11.0. The summed E-state index contributed by atoms with van der Waals surface area (Å²) in [5, 5.41) is 31.9. The number of carbonyl (C=O) groups is 2. The largest absolute Gasteiger partial charge is 0.506 e. The third-order valence-corrected chi connectivity index (χ3v) is 7.37. The number of phenolic OH excluding ortho intramolecular Hbond substituents is 2. The molecule has 0 saturated carbocycles. The first-order valence-corrected chi connectivity index (χ1v) is 13.7. The number of carbonyl (C=O) groups excluding carboxylic acids is 2. The number of hydrogen-bond acceptors (Lipinski definition) is 4. The van der Waals surface area contributed by atoms with Crippen molar-refractivity contribution in [3.63, 3.8) is 0 Å². The summed E-state index contributed by atoms with van der Waals surface area (Å²) in [6, 6.07) is 37.0. The van der Waals surface area contributed by atoms with Crippen LogP contribution in [-0.2, 0) is 13.1 Å². The van der Waals surface area contributed by atoms with Crippen LogP contribution in [-0.4, -0.2) is 22.0 Å². The Hall–Kier alpha value is -5.62. The van der Waals surface area contributed by atoms with Crippen LogP contribution in [0.2, 0.25) is 0 Å². The first-order chi connectivity index (χ1) is 20.5. The van der Waals surface area contributed by atoms with Gasteiger partial charge in [-0.05, 0) is 44.8 Å². The number of rotatable bonds is 7. The molecule has 0 aromatic heterocycles. The van der Waals surface area contributed by atoms with Crippen molar-refractivity contribution in [1.29, 1.82) is 0 Å². The van der Waals surface area contributed by atoms with E-state index in [2.05, 4.69) is 10.6 Å². The maximum Gasteiger partial charge on any atom is 0.255 e. The fourth-order valence-electron chi connectivity index (χ4n) is 5.27. The van der Waals surface area contributed by atoms with E-state index in [0.717, 1.165) is 11.1 Å². The Labute approximate surface area is 242 Å². The lowest BCUT2D eigenvalue weighted by Gasteiger charge is -2.19. The number of fused-ring (bicyclic) bond motifs is 2. The Morgan fingerprint density at radius 1 is 0.500 bits per heavy atom. The first-order valence-electron chi connectivity index (χ1n) is 13.7. The smallest absolute Gasteiger partial charge is 0.255 e. The second-order valence-electron chi connectivity index (χ2n) is 10.1. The molecule has 206 valence electrons. The molecule has 0 radical (unpaired) electrons. The number of nitrogens with one attached hydrogen (secondary N) is 2. The number of aromatic hydroxyl groups is 2. The van der Waals surface area contributed by atoms with Gasteiger partial charge >= 0.3 is 0 Å². The minimum atomic E-state index is -0.455. The quantitative estimate of drug-likeness (QED) is 0.173. The Kier molecular flexibility index (Phi) is 7.26. The minimum absolute atomic E-state index is 0.0713. The van der Waals surface area contributed by atoms with Gasteiger partial charge in [0.2, 0.25) is 0 Å². The van der Waals surface area contributed by atoms with Crippen molar-refractivity contribution in [2.75, 3.05) is 0 Å². The van der Waals surface area contributed by atoms with Gasteiger partial charge in [-0.2, -0.15) is 0 Å². The standard InChI is InChI=1S/C36H28N2O4/c39-33-29(35(41)37-21-23-11-3-1-4-12-23)19-25-15-7-9-17-27(25)31(33)32-28-18-10-8-16-26(28)20-30(34(32)40)36(42)38-22-24-13-5-2-6-14-24/h1-20,39-40H,21-22H2,(H,37,41)(H,38,42). The molecule has 0 heterocycles. The Bertz CT molecular complexity index is 1790. The summed E-state index contributed by atoms with van der Waals surface area (Å²) in [6.45, 7) is 0.569. The van der Waals surface area contributed by atoms with Crippen LogP contribution in [0.5, 0.6) is 11.5 Å². The van der Waals surface area contributed by atoms with Crippen molar-refractivity contribution >= 4 is 33.4 Å². The predicted molar refractivity (Wildman–Crippen MR) is 165 cm³/mol. The second kappa shape index (κ2) is 11.5. The van der Waals surface area contributed by atoms with Gasteiger partial charge in [0.05, 0.1) is 11.1 Å². The monoisotopic (exact) mass is 552 g/mol. The van der Waals surface area contributed by atoms with Crippen molar-refractivity contribution in [1.82, 2.24) is 10.6 Å². The number of benzene rings is 6. The Morgan fingerprint density at radius 2 is 0.857 bits per heavy atom. The zero-order valence-corrected chi connectivity index (χ0v) is 22.7. The van der Waals surface area contributed by atoms with E-state index in [1.807, 2.05) is 109 Å².